The van der Waals surface area contributed by atoms with Crippen LogP contribution in [0, 0.1) is 0 Å². The van der Waals surface area contributed by atoms with Crippen molar-refractivity contribution in [3.8, 4) is 11.6 Å². The number of anilines is 1. The van der Waals surface area contributed by atoms with Crippen molar-refractivity contribution in [1.82, 2.24) is 9.97 Å². The van der Waals surface area contributed by atoms with Crippen LogP contribution in [0.15, 0.2) is 66.9 Å². The number of carbonyl (C=O) groups is 1. The van der Waals surface area contributed by atoms with Gasteiger partial charge < -0.3 is 9.47 Å². The third-order valence-corrected chi connectivity index (χ3v) is 3.32. The third kappa shape index (κ3) is 5.19. The summed E-state index contributed by atoms with van der Waals surface area (Å²) in [6, 6.07) is 17.8. The smallest absolute Gasteiger partial charge is 0.411 e. The van der Waals surface area contributed by atoms with Crippen LogP contribution in [-0.2, 0) is 11.3 Å². The zero-order chi connectivity index (χ0) is 17.5. The highest BCUT2D eigenvalue weighted by Crippen LogP contribution is 2.22. The molecule has 0 bridgehead atoms. The standard InChI is InChI=1S/C18H14ClN3O3/c19-17-20-11-10-16(22-17)25-15-8-6-14(7-9-15)21-18(23)24-12-13-4-2-1-3-5-13/h1-11H,12H2,(H,21,23). The van der Waals surface area contributed by atoms with Gasteiger partial charge in [0.2, 0.25) is 11.2 Å². The first-order chi connectivity index (χ1) is 12.2. The Labute approximate surface area is 149 Å². The van der Waals surface area contributed by atoms with E-state index >= 15 is 0 Å². The number of amides is 1. The number of aromatic nitrogens is 2. The molecule has 0 unspecified atom stereocenters. The second kappa shape index (κ2) is 8.12. The number of rotatable bonds is 5. The fourth-order valence-electron chi connectivity index (χ4n) is 1.98. The van der Waals surface area contributed by atoms with Gasteiger partial charge in [0.1, 0.15) is 12.4 Å². The molecule has 7 heteroatoms. The van der Waals surface area contributed by atoms with Crippen LogP contribution < -0.4 is 10.1 Å². The molecule has 1 amide bonds. The van der Waals surface area contributed by atoms with Crippen molar-refractivity contribution in [1.29, 1.82) is 0 Å². The van der Waals surface area contributed by atoms with Gasteiger partial charge in [-0.1, -0.05) is 30.3 Å². The van der Waals surface area contributed by atoms with Crippen molar-refractivity contribution >= 4 is 23.4 Å². The van der Waals surface area contributed by atoms with Gasteiger partial charge in [0.15, 0.2) is 0 Å². The molecule has 0 atom stereocenters. The van der Waals surface area contributed by atoms with Crippen molar-refractivity contribution in [2.24, 2.45) is 0 Å². The molecule has 1 aromatic heterocycles. The van der Waals surface area contributed by atoms with E-state index in [-0.39, 0.29) is 11.9 Å². The summed E-state index contributed by atoms with van der Waals surface area (Å²) in [6.45, 7) is 0.211. The summed E-state index contributed by atoms with van der Waals surface area (Å²) in [7, 11) is 0. The number of benzene rings is 2. The average molecular weight is 356 g/mol. The van der Waals surface area contributed by atoms with E-state index in [9.17, 15) is 4.79 Å². The minimum absolute atomic E-state index is 0.108. The van der Waals surface area contributed by atoms with Gasteiger partial charge in [-0.2, -0.15) is 4.98 Å². The molecular formula is C18H14ClN3O3. The van der Waals surface area contributed by atoms with E-state index < -0.39 is 6.09 Å². The molecule has 0 fully saturated rings. The van der Waals surface area contributed by atoms with Crippen LogP contribution >= 0.6 is 11.6 Å². The Morgan fingerprint density at radius 3 is 2.52 bits per heavy atom. The maximum atomic E-state index is 11.8. The summed E-state index contributed by atoms with van der Waals surface area (Å²) in [5.41, 5.74) is 1.51. The second-order valence-electron chi connectivity index (χ2n) is 4.98. The van der Waals surface area contributed by atoms with E-state index in [2.05, 4.69) is 15.3 Å². The molecule has 6 nitrogen and oxygen atoms in total. The lowest BCUT2D eigenvalue weighted by atomic mass is 10.2. The Morgan fingerprint density at radius 1 is 1.04 bits per heavy atom. The van der Waals surface area contributed by atoms with E-state index in [1.165, 1.54) is 6.20 Å². The maximum absolute atomic E-state index is 11.8. The van der Waals surface area contributed by atoms with E-state index in [0.717, 1.165) is 5.56 Å². The summed E-state index contributed by atoms with van der Waals surface area (Å²) in [4.78, 5) is 19.5. The van der Waals surface area contributed by atoms with Gasteiger partial charge >= 0.3 is 6.09 Å². The fraction of sp³-hybridized carbons (Fsp3) is 0.0556. The van der Waals surface area contributed by atoms with E-state index in [1.54, 1.807) is 30.3 Å². The first-order valence-corrected chi connectivity index (χ1v) is 7.81. The lowest BCUT2D eigenvalue weighted by Gasteiger charge is -2.08. The molecule has 0 saturated carbocycles. The topological polar surface area (TPSA) is 73.3 Å². The van der Waals surface area contributed by atoms with Gasteiger partial charge in [0.05, 0.1) is 0 Å². The Balaban J connectivity index is 1.52. The number of hydrogen-bond donors (Lipinski definition) is 1. The lowest BCUT2D eigenvalue weighted by Crippen LogP contribution is -2.13. The van der Waals surface area contributed by atoms with E-state index in [4.69, 9.17) is 21.1 Å². The zero-order valence-electron chi connectivity index (χ0n) is 13.1. The second-order valence-corrected chi connectivity index (χ2v) is 5.32. The SMILES string of the molecule is O=C(Nc1ccc(Oc2ccnc(Cl)n2)cc1)OCc1ccccc1. The first-order valence-electron chi connectivity index (χ1n) is 7.43. The number of nitrogens with one attached hydrogen (secondary N) is 1. The number of ether oxygens (including phenoxy) is 2. The average Bonchev–Trinajstić information content (AvgIpc) is 2.63. The monoisotopic (exact) mass is 355 g/mol. The molecule has 0 aliphatic carbocycles. The van der Waals surface area contributed by atoms with Crippen LogP contribution in [0.5, 0.6) is 11.6 Å². The van der Waals surface area contributed by atoms with Gasteiger partial charge in [-0.15, -0.1) is 0 Å². The minimum Gasteiger partial charge on any atom is -0.444 e. The van der Waals surface area contributed by atoms with Crippen LogP contribution in [0.1, 0.15) is 5.56 Å². The van der Waals surface area contributed by atoms with Crippen molar-refractivity contribution in [2.75, 3.05) is 5.32 Å². The first kappa shape index (κ1) is 16.7. The van der Waals surface area contributed by atoms with Gasteiger partial charge in [-0.3, -0.25) is 5.32 Å². The quantitative estimate of drug-likeness (QED) is 0.673. The van der Waals surface area contributed by atoms with Crippen LogP contribution in [0.2, 0.25) is 5.28 Å². The number of carbonyl (C=O) groups excluding carboxylic acids is 1. The van der Waals surface area contributed by atoms with Crippen LogP contribution in [0.25, 0.3) is 0 Å². The molecular weight excluding hydrogens is 342 g/mol. The normalized spacial score (nSPS) is 10.1. The summed E-state index contributed by atoms with van der Waals surface area (Å²) in [5.74, 6) is 0.890. The van der Waals surface area contributed by atoms with Gasteiger partial charge in [0.25, 0.3) is 0 Å². The van der Waals surface area contributed by atoms with E-state index in [0.29, 0.717) is 17.3 Å². The van der Waals surface area contributed by atoms with Crippen molar-refractivity contribution < 1.29 is 14.3 Å². The summed E-state index contributed by atoms with van der Waals surface area (Å²) < 4.78 is 10.7. The lowest BCUT2D eigenvalue weighted by molar-refractivity contribution is 0.155. The van der Waals surface area contributed by atoms with Crippen molar-refractivity contribution in [3.05, 3.63) is 77.7 Å². The zero-order valence-corrected chi connectivity index (χ0v) is 13.8. The predicted molar refractivity (Wildman–Crippen MR) is 93.8 cm³/mol. The maximum Gasteiger partial charge on any atom is 0.411 e. The molecule has 0 spiro atoms. The summed E-state index contributed by atoms with van der Waals surface area (Å²) in [6.07, 6.45) is 0.976. The molecule has 1 heterocycles. The van der Waals surface area contributed by atoms with Gasteiger partial charge in [-0.25, -0.2) is 9.78 Å². The van der Waals surface area contributed by atoms with E-state index in [1.807, 2.05) is 30.3 Å². The largest absolute Gasteiger partial charge is 0.444 e. The predicted octanol–water partition coefficient (Wildman–Crippen LogP) is 4.67. The van der Waals surface area contributed by atoms with Crippen LogP contribution in [-0.4, -0.2) is 16.1 Å². The fourth-order valence-corrected chi connectivity index (χ4v) is 2.12. The minimum atomic E-state index is -0.528. The molecule has 0 aliphatic heterocycles. The molecule has 25 heavy (non-hydrogen) atoms. The molecule has 0 saturated heterocycles. The van der Waals surface area contributed by atoms with Crippen molar-refractivity contribution in [3.63, 3.8) is 0 Å². The molecule has 0 radical (unpaired) electrons. The highest BCUT2D eigenvalue weighted by Gasteiger charge is 2.05. The van der Waals surface area contributed by atoms with Gasteiger partial charge in [0, 0.05) is 18.0 Å². The highest BCUT2D eigenvalue weighted by atomic mass is 35.5. The number of nitrogens with zero attached hydrogens (tertiary/aromatic N) is 2. The van der Waals surface area contributed by atoms with Crippen molar-refractivity contribution in [2.45, 2.75) is 6.61 Å². The molecule has 2 aromatic carbocycles. The highest BCUT2D eigenvalue weighted by molar-refractivity contribution is 6.28. The third-order valence-electron chi connectivity index (χ3n) is 3.14. The van der Waals surface area contributed by atoms with Gasteiger partial charge in [-0.05, 0) is 41.4 Å². The molecule has 0 aliphatic rings. The molecule has 126 valence electrons. The Hall–Kier alpha value is -3.12. The molecule has 3 rings (SSSR count). The Bertz CT molecular complexity index is 842. The molecule has 3 aromatic rings. The Morgan fingerprint density at radius 2 is 1.80 bits per heavy atom. The van der Waals surface area contributed by atoms with Crippen LogP contribution in [0.4, 0.5) is 10.5 Å². The number of hydrogen-bond acceptors (Lipinski definition) is 5. The summed E-state index contributed by atoms with van der Waals surface area (Å²) >= 11 is 5.70. The van der Waals surface area contributed by atoms with Crippen LogP contribution in [0.3, 0.4) is 0 Å². The molecule has 1 N–H and O–H groups in total. The number of halogens is 1. The summed E-state index contributed by atoms with van der Waals surface area (Å²) in [5, 5.41) is 2.76. The Kier molecular flexibility index (Phi) is 5.43.